The van der Waals surface area contributed by atoms with E-state index in [1.165, 1.54) is 0 Å². The van der Waals surface area contributed by atoms with E-state index >= 15 is 0 Å². The van der Waals surface area contributed by atoms with Crippen molar-refractivity contribution in [1.82, 2.24) is 25.2 Å². The monoisotopic (exact) mass is 409 g/mol. The highest BCUT2D eigenvalue weighted by molar-refractivity contribution is 6.30. The molecule has 2 aliphatic rings. The summed E-state index contributed by atoms with van der Waals surface area (Å²) in [7, 11) is 0. The standard InChI is InChI=1S/C19H16ClN7O2/c20-11-2-1-3-13(7-11)22-15-8-16(23-12-4-5-12)27-17(25-15)10(9-21-27)6-14-18(28)26-19(29)24-14/h1-3,6-9,12,23H,4-5H2,(H,22,25)(H2,24,26,28,29)/b14-6+. The van der Waals surface area contributed by atoms with Crippen LogP contribution in [-0.2, 0) is 4.79 Å². The number of benzene rings is 1. The Hall–Kier alpha value is -3.59. The molecule has 0 unspecified atom stereocenters. The van der Waals surface area contributed by atoms with E-state index in [0.29, 0.717) is 28.1 Å². The van der Waals surface area contributed by atoms with E-state index in [0.717, 1.165) is 24.3 Å². The summed E-state index contributed by atoms with van der Waals surface area (Å²) in [6, 6.07) is 9.08. The quantitative estimate of drug-likeness (QED) is 0.381. The van der Waals surface area contributed by atoms with Crippen LogP contribution in [0, 0.1) is 0 Å². The van der Waals surface area contributed by atoms with Gasteiger partial charge in [-0.05, 0) is 37.1 Å². The lowest BCUT2D eigenvalue weighted by molar-refractivity contribution is -0.115. The van der Waals surface area contributed by atoms with Crippen molar-refractivity contribution in [2.75, 3.05) is 10.6 Å². The average Bonchev–Trinajstić information content (AvgIpc) is 3.31. The zero-order valence-electron chi connectivity index (χ0n) is 15.1. The van der Waals surface area contributed by atoms with Crippen LogP contribution in [0.25, 0.3) is 11.7 Å². The summed E-state index contributed by atoms with van der Waals surface area (Å²) in [4.78, 5) is 27.9. The lowest BCUT2D eigenvalue weighted by Gasteiger charge is -2.12. The number of rotatable bonds is 5. The summed E-state index contributed by atoms with van der Waals surface area (Å²) in [6.07, 6.45) is 5.37. The largest absolute Gasteiger partial charge is 0.367 e. The van der Waals surface area contributed by atoms with Crippen molar-refractivity contribution in [2.45, 2.75) is 18.9 Å². The zero-order valence-corrected chi connectivity index (χ0v) is 15.8. The predicted octanol–water partition coefficient (Wildman–Crippen LogP) is 2.88. The molecule has 1 saturated heterocycles. The van der Waals surface area contributed by atoms with Gasteiger partial charge in [0.05, 0.1) is 6.20 Å². The number of halogens is 1. The molecule has 4 N–H and O–H groups in total. The number of urea groups is 1. The maximum Gasteiger partial charge on any atom is 0.326 e. The van der Waals surface area contributed by atoms with Crippen molar-refractivity contribution >= 4 is 52.6 Å². The highest BCUT2D eigenvalue weighted by Crippen LogP contribution is 2.29. The molecule has 3 amide bonds. The van der Waals surface area contributed by atoms with Gasteiger partial charge in [-0.1, -0.05) is 17.7 Å². The Kier molecular flexibility index (Phi) is 4.09. The SMILES string of the molecule is O=C1NC(=O)/C(=C\c2cnn3c(NC4CC4)cc(Nc4cccc(Cl)c4)nc23)N1. The second-order valence-electron chi connectivity index (χ2n) is 6.88. The van der Waals surface area contributed by atoms with Crippen molar-refractivity contribution in [1.29, 1.82) is 0 Å². The van der Waals surface area contributed by atoms with Gasteiger partial charge in [-0.2, -0.15) is 9.61 Å². The van der Waals surface area contributed by atoms with Gasteiger partial charge in [0, 0.05) is 28.4 Å². The molecule has 0 spiro atoms. The van der Waals surface area contributed by atoms with E-state index in [2.05, 4.69) is 31.3 Å². The molecule has 0 atom stereocenters. The number of anilines is 3. The molecular formula is C19H16ClN7O2. The number of carbonyl (C=O) groups is 2. The number of hydrogen-bond acceptors (Lipinski definition) is 6. The maximum absolute atomic E-state index is 11.9. The van der Waals surface area contributed by atoms with Crippen LogP contribution in [0.15, 0.2) is 42.2 Å². The second kappa shape index (κ2) is 6.78. The van der Waals surface area contributed by atoms with Gasteiger partial charge in [0.1, 0.15) is 17.3 Å². The Morgan fingerprint density at radius 1 is 1.21 bits per heavy atom. The van der Waals surface area contributed by atoms with Crippen LogP contribution in [0.1, 0.15) is 18.4 Å². The van der Waals surface area contributed by atoms with Crippen LogP contribution in [-0.4, -0.2) is 32.6 Å². The molecule has 0 radical (unpaired) electrons. The van der Waals surface area contributed by atoms with Gasteiger partial charge < -0.3 is 16.0 Å². The minimum absolute atomic E-state index is 0.150. The number of fused-ring (bicyclic) bond motifs is 1. The first-order valence-electron chi connectivity index (χ1n) is 9.07. The predicted molar refractivity (Wildman–Crippen MR) is 109 cm³/mol. The summed E-state index contributed by atoms with van der Waals surface area (Å²) in [6.45, 7) is 0. The van der Waals surface area contributed by atoms with Crippen molar-refractivity contribution in [3.63, 3.8) is 0 Å². The fraction of sp³-hybridized carbons (Fsp3) is 0.158. The molecule has 9 nitrogen and oxygen atoms in total. The molecule has 0 bridgehead atoms. The van der Waals surface area contributed by atoms with Gasteiger partial charge in [-0.3, -0.25) is 10.1 Å². The summed E-state index contributed by atoms with van der Waals surface area (Å²) in [5, 5.41) is 16.4. The molecule has 10 heteroatoms. The number of hydrogen-bond donors (Lipinski definition) is 4. The van der Waals surface area contributed by atoms with Crippen molar-refractivity contribution in [3.8, 4) is 0 Å². The summed E-state index contributed by atoms with van der Waals surface area (Å²) >= 11 is 6.08. The Labute approximate surface area is 170 Å². The van der Waals surface area contributed by atoms with Crippen molar-refractivity contribution in [3.05, 3.63) is 52.8 Å². The summed E-state index contributed by atoms with van der Waals surface area (Å²) in [5.74, 6) is 0.897. The van der Waals surface area contributed by atoms with Crippen LogP contribution in [0.2, 0.25) is 5.02 Å². The number of amides is 3. The Morgan fingerprint density at radius 3 is 2.79 bits per heavy atom. The van der Waals surface area contributed by atoms with Crippen LogP contribution in [0.5, 0.6) is 0 Å². The fourth-order valence-electron chi connectivity index (χ4n) is 3.04. The summed E-state index contributed by atoms with van der Waals surface area (Å²) < 4.78 is 1.68. The Bertz CT molecular complexity index is 1180. The third-order valence-corrected chi connectivity index (χ3v) is 4.78. The first-order valence-corrected chi connectivity index (χ1v) is 9.45. The maximum atomic E-state index is 11.9. The zero-order chi connectivity index (χ0) is 20.0. The molecule has 1 aliphatic carbocycles. The van der Waals surface area contributed by atoms with E-state index in [4.69, 9.17) is 11.6 Å². The molecule has 2 fully saturated rings. The van der Waals surface area contributed by atoms with Gasteiger partial charge in [0.25, 0.3) is 5.91 Å². The minimum Gasteiger partial charge on any atom is -0.367 e. The van der Waals surface area contributed by atoms with Crippen LogP contribution < -0.4 is 21.3 Å². The van der Waals surface area contributed by atoms with Crippen LogP contribution in [0.3, 0.4) is 0 Å². The average molecular weight is 410 g/mol. The molecule has 1 aliphatic heterocycles. The highest BCUT2D eigenvalue weighted by Gasteiger charge is 2.25. The third-order valence-electron chi connectivity index (χ3n) is 4.55. The lowest BCUT2D eigenvalue weighted by atomic mass is 10.2. The minimum atomic E-state index is -0.551. The van der Waals surface area contributed by atoms with Gasteiger partial charge in [0.15, 0.2) is 5.65 Å². The molecule has 1 aromatic carbocycles. The molecule has 2 aromatic heterocycles. The molecule has 146 valence electrons. The van der Waals surface area contributed by atoms with E-state index < -0.39 is 11.9 Å². The second-order valence-corrected chi connectivity index (χ2v) is 7.32. The van der Waals surface area contributed by atoms with E-state index in [1.807, 2.05) is 18.2 Å². The van der Waals surface area contributed by atoms with Gasteiger partial charge in [-0.25, -0.2) is 9.78 Å². The molecule has 3 heterocycles. The van der Waals surface area contributed by atoms with E-state index in [-0.39, 0.29) is 5.70 Å². The number of aromatic nitrogens is 3. The Morgan fingerprint density at radius 2 is 2.07 bits per heavy atom. The third kappa shape index (κ3) is 3.59. The number of imide groups is 1. The normalized spacial score (nSPS) is 17.5. The molecule has 1 saturated carbocycles. The number of nitrogens with zero attached hydrogens (tertiary/aromatic N) is 3. The van der Waals surface area contributed by atoms with Crippen LogP contribution in [0.4, 0.5) is 22.1 Å². The van der Waals surface area contributed by atoms with E-state index in [9.17, 15) is 9.59 Å². The van der Waals surface area contributed by atoms with E-state index in [1.54, 1.807) is 28.9 Å². The first-order chi connectivity index (χ1) is 14.0. The van der Waals surface area contributed by atoms with Gasteiger partial charge >= 0.3 is 6.03 Å². The number of carbonyl (C=O) groups excluding carboxylic acids is 2. The smallest absolute Gasteiger partial charge is 0.326 e. The lowest BCUT2D eigenvalue weighted by Crippen LogP contribution is -2.22. The van der Waals surface area contributed by atoms with Gasteiger partial charge in [0.2, 0.25) is 0 Å². The molecule has 29 heavy (non-hydrogen) atoms. The summed E-state index contributed by atoms with van der Waals surface area (Å²) in [5.41, 5.74) is 2.10. The number of nitrogens with one attached hydrogen (secondary N) is 4. The van der Waals surface area contributed by atoms with Crippen molar-refractivity contribution in [2.24, 2.45) is 0 Å². The highest BCUT2D eigenvalue weighted by atomic mass is 35.5. The topological polar surface area (TPSA) is 112 Å². The van der Waals surface area contributed by atoms with Gasteiger partial charge in [-0.15, -0.1) is 0 Å². The Balaban J connectivity index is 1.57. The van der Waals surface area contributed by atoms with Crippen LogP contribution >= 0.6 is 11.6 Å². The first kappa shape index (κ1) is 17.5. The molecule has 3 aromatic rings. The molecular weight excluding hydrogens is 394 g/mol. The van der Waals surface area contributed by atoms with Crippen molar-refractivity contribution < 1.29 is 9.59 Å². The fourth-order valence-corrected chi connectivity index (χ4v) is 3.23. The molecule has 5 rings (SSSR count).